The molecule has 5 heteroatoms. The summed E-state index contributed by atoms with van der Waals surface area (Å²) in [5.74, 6) is 0.603. The van der Waals surface area contributed by atoms with E-state index in [1.165, 1.54) is 7.11 Å². The zero-order valence-corrected chi connectivity index (χ0v) is 12.2. The summed E-state index contributed by atoms with van der Waals surface area (Å²) in [7, 11) is 1.37. The van der Waals surface area contributed by atoms with E-state index in [1.54, 1.807) is 17.8 Å². The fourth-order valence-corrected chi connectivity index (χ4v) is 3.50. The van der Waals surface area contributed by atoms with Crippen LogP contribution in [0.5, 0.6) is 0 Å². The molecular weight excluding hydrogens is 276 g/mol. The SMILES string of the molecule is COC(=O)c1cccc(CSCC2(CC(=O)O)CC2)c1. The number of aliphatic carboxylic acids is 1. The topological polar surface area (TPSA) is 63.6 Å². The second-order valence-electron chi connectivity index (χ2n) is 5.26. The number of hydrogen-bond acceptors (Lipinski definition) is 4. The van der Waals surface area contributed by atoms with Crippen LogP contribution >= 0.6 is 11.8 Å². The molecule has 2 rings (SSSR count). The van der Waals surface area contributed by atoms with Crippen LogP contribution < -0.4 is 0 Å². The number of rotatable bonds is 7. The largest absolute Gasteiger partial charge is 0.481 e. The standard InChI is InChI=1S/C15H18O4S/c1-19-14(18)12-4-2-3-11(7-12)9-20-10-15(5-6-15)8-13(16)17/h2-4,7H,5-6,8-10H2,1H3,(H,16,17). The number of benzene rings is 1. The lowest BCUT2D eigenvalue weighted by atomic mass is 10.1. The maximum Gasteiger partial charge on any atom is 0.337 e. The van der Waals surface area contributed by atoms with Crippen LogP contribution in [-0.4, -0.2) is 29.9 Å². The molecule has 1 fully saturated rings. The molecule has 1 N–H and O–H groups in total. The highest BCUT2D eigenvalue weighted by Crippen LogP contribution is 2.51. The van der Waals surface area contributed by atoms with Crippen molar-refractivity contribution in [2.24, 2.45) is 5.41 Å². The predicted molar refractivity (Wildman–Crippen MR) is 77.9 cm³/mol. The van der Waals surface area contributed by atoms with Gasteiger partial charge in [-0.15, -0.1) is 0 Å². The van der Waals surface area contributed by atoms with Gasteiger partial charge in [-0.25, -0.2) is 4.79 Å². The summed E-state index contributed by atoms with van der Waals surface area (Å²) in [5.41, 5.74) is 1.62. The van der Waals surface area contributed by atoms with E-state index in [0.717, 1.165) is 29.9 Å². The molecule has 1 aromatic rings. The maximum atomic E-state index is 11.4. The van der Waals surface area contributed by atoms with Gasteiger partial charge in [0, 0.05) is 5.75 Å². The zero-order chi connectivity index (χ0) is 14.6. The van der Waals surface area contributed by atoms with Gasteiger partial charge in [0.05, 0.1) is 19.1 Å². The molecule has 4 nitrogen and oxygen atoms in total. The molecule has 108 valence electrons. The van der Waals surface area contributed by atoms with E-state index in [0.29, 0.717) is 5.56 Å². The Morgan fingerprint density at radius 3 is 2.75 bits per heavy atom. The van der Waals surface area contributed by atoms with Crippen LogP contribution in [0.2, 0.25) is 0 Å². The maximum absolute atomic E-state index is 11.4. The first kappa shape index (κ1) is 14.9. The average Bonchev–Trinajstić information content (AvgIpc) is 3.17. The lowest BCUT2D eigenvalue weighted by Crippen LogP contribution is -2.11. The number of thioether (sulfide) groups is 1. The molecule has 0 unspecified atom stereocenters. The summed E-state index contributed by atoms with van der Waals surface area (Å²) in [6, 6.07) is 7.37. The Balaban J connectivity index is 1.85. The first-order valence-corrected chi connectivity index (χ1v) is 7.67. The van der Waals surface area contributed by atoms with Crippen molar-refractivity contribution in [3.05, 3.63) is 35.4 Å². The molecule has 0 radical (unpaired) electrons. The minimum Gasteiger partial charge on any atom is -0.481 e. The molecule has 0 bridgehead atoms. The van der Waals surface area contributed by atoms with E-state index in [9.17, 15) is 9.59 Å². The van der Waals surface area contributed by atoms with E-state index < -0.39 is 5.97 Å². The molecule has 1 aliphatic carbocycles. The Labute approximate surface area is 122 Å². The highest BCUT2D eigenvalue weighted by molar-refractivity contribution is 7.98. The van der Waals surface area contributed by atoms with Crippen molar-refractivity contribution in [2.45, 2.75) is 25.0 Å². The summed E-state index contributed by atoms with van der Waals surface area (Å²) >= 11 is 1.73. The van der Waals surface area contributed by atoms with Crippen molar-refractivity contribution in [1.82, 2.24) is 0 Å². The fraction of sp³-hybridized carbons (Fsp3) is 0.467. The second-order valence-corrected chi connectivity index (χ2v) is 6.24. The van der Waals surface area contributed by atoms with Crippen molar-refractivity contribution < 1.29 is 19.4 Å². The highest BCUT2D eigenvalue weighted by atomic mass is 32.2. The molecular formula is C15H18O4S. The third-order valence-corrected chi connectivity index (χ3v) is 4.86. The Bertz CT molecular complexity index is 508. The second kappa shape index (κ2) is 6.31. The molecule has 0 atom stereocenters. The molecule has 0 aromatic heterocycles. The number of methoxy groups -OCH3 is 1. The summed E-state index contributed by atoms with van der Waals surface area (Å²) < 4.78 is 4.69. The third kappa shape index (κ3) is 4.00. The lowest BCUT2D eigenvalue weighted by molar-refractivity contribution is -0.138. The van der Waals surface area contributed by atoms with Crippen LogP contribution in [0.15, 0.2) is 24.3 Å². The number of carboxylic acids is 1. The molecule has 0 aliphatic heterocycles. The van der Waals surface area contributed by atoms with Crippen molar-refractivity contribution in [3.8, 4) is 0 Å². The molecule has 1 aliphatic rings. The summed E-state index contributed by atoms with van der Waals surface area (Å²) in [4.78, 5) is 22.2. The van der Waals surface area contributed by atoms with E-state index in [2.05, 4.69) is 0 Å². The first-order valence-electron chi connectivity index (χ1n) is 6.51. The van der Waals surface area contributed by atoms with Gasteiger partial charge < -0.3 is 9.84 Å². The Hall–Kier alpha value is -1.49. The summed E-state index contributed by atoms with van der Waals surface area (Å²) in [6.07, 6.45) is 2.28. The smallest absolute Gasteiger partial charge is 0.337 e. The quantitative estimate of drug-likeness (QED) is 0.783. The highest BCUT2D eigenvalue weighted by Gasteiger charge is 2.43. The Morgan fingerprint density at radius 1 is 1.40 bits per heavy atom. The zero-order valence-electron chi connectivity index (χ0n) is 11.4. The number of hydrogen-bond donors (Lipinski definition) is 1. The first-order chi connectivity index (χ1) is 9.54. The van der Waals surface area contributed by atoms with Gasteiger partial charge in [-0.2, -0.15) is 11.8 Å². The molecule has 0 spiro atoms. The monoisotopic (exact) mass is 294 g/mol. The van der Waals surface area contributed by atoms with Crippen molar-refractivity contribution in [2.75, 3.05) is 12.9 Å². The van der Waals surface area contributed by atoms with Crippen LogP contribution in [0.25, 0.3) is 0 Å². The fourth-order valence-electron chi connectivity index (χ4n) is 2.16. The van der Waals surface area contributed by atoms with Gasteiger partial charge in [0.15, 0.2) is 0 Å². The van der Waals surface area contributed by atoms with E-state index >= 15 is 0 Å². The Kier molecular flexibility index (Phi) is 4.70. The van der Waals surface area contributed by atoms with Crippen LogP contribution in [0.4, 0.5) is 0 Å². The minimum absolute atomic E-state index is 0.0104. The molecule has 1 saturated carbocycles. The predicted octanol–water partition coefficient (Wildman–Crippen LogP) is 2.96. The van der Waals surface area contributed by atoms with Crippen molar-refractivity contribution in [3.63, 3.8) is 0 Å². The lowest BCUT2D eigenvalue weighted by Gasteiger charge is -2.11. The van der Waals surface area contributed by atoms with Gasteiger partial charge in [0.2, 0.25) is 0 Å². The Morgan fingerprint density at radius 2 is 2.15 bits per heavy atom. The van der Waals surface area contributed by atoms with Crippen LogP contribution in [-0.2, 0) is 15.3 Å². The van der Waals surface area contributed by atoms with Crippen molar-refractivity contribution >= 4 is 23.7 Å². The minimum atomic E-state index is -0.712. The van der Waals surface area contributed by atoms with Gasteiger partial charge in [0.25, 0.3) is 0 Å². The molecule has 1 aromatic carbocycles. The average molecular weight is 294 g/mol. The summed E-state index contributed by atoms with van der Waals surface area (Å²) in [5, 5.41) is 8.87. The van der Waals surface area contributed by atoms with E-state index in [-0.39, 0.29) is 17.8 Å². The normalized spacial score (nSPS) is 15.7. The van der Waals surface area contributed by atoms with Gasteiger partial charge in [-0.3, -0.25) is 4.79 Å². The molecule has 0 heterocycles. The number of esters is 1. The number of carbonyl (C=O) groups excluding carboxylic acids is 1. The van der Waals surface area contributed by atoms with Crippen molar-refractivity contribution in [1.29, 1.82) is 0 Å². The summed E-state index contributed by atoms with van der Waals surface area (Å²) in [6.45, 7) is 0. The van der Waals surface area contributed by atoms with Gasteiger partial charge in [0.1, 0.15) is 0 Å². The number of carbonyl (C=O) groups is 2. The van der Waals surface area contributed by atoms with Crippen LogP contribution in [0.3, 0.4) is 0 Å². The van der Waals surface area contributed by atoms with E-state index in [4.69, 9.17) is 9.84 Å². The van der Waals surface area contributed by atoms with Crippen LogP contribution in [0, 0.1) is 5.41 Å². The van der Waals surface area contributed by atoms with Gasteiger partial charge >= 0.3 is 11.9 Å². The molecule has 20 heavy (non-hydrogen) atoms. The van der Waals surface area contributed by atoms with Crippen LogP contribution in [0.1, 0.15) is 35.2 Å². The van der Waals surface area contributed by atoms with Gasteiger partial charge in [-0.1, -0.05) is 12.1 Å². The molecule has 0 saturated heterocycles. The van der Waals surface area contributed by atoms with E-state index in [1.807, 2.05) is 18.2 Å². The third-order valence-electron chi connectivity index (χ3n) is 3.51. The van der Waals surface area contributed by atoms with Gasteiger partial charge in [-0.05, 0) is 41.7 Å². The number of ether oxygens (including phenoxy) is 1. The molecule has 0 amide bonds. The number of carboxylic acid groups (broad SMARTS) is 1.